The predicted molar refractivity (Wildman–Crippen MR) is 103 cm³/mol. The van der Waals surface area contributed by atoms with Gasteiger partial charge in [-0.1, -0.05) is 30.3 Å². The molecule has 0 amide bonds. The van der Waals surface area contributed by atoms with E-state index in [-0.39, 0.29) is 5.92 Å². The van der Waals surface area contributed by atoms with Crippen LogP contribution in [-0.4, -0.2) is 33.3 Å². The standard InChI is InChI=1S/C22H21N3O/c26-21-17-8-11-24(12-9-17)20(21)13-18-15-25(14-16-5-2-1-3-6-16)22-19(18)7-4-10-23-22/h1-7,10,13,15,17H,8-9,11-12,14H2/b20-13-. The Labute approximate surface area is 152 Å². The number of carbonyl (C=O) groups is 1. The van der Waals surface area contributed by atoms with Gasteiger partial charge >= 0.3 is 0 Å². The fourth-order valence-electron chi connectivity index (χ4n) is 4.22. The Morgan fingerprint density at radius 3 is 2.65 bits per heavy atom. The second kappa shape index (κ2) is 6.13. The van der Waals surface area contributed by atoms with Gasteiger partial charge in [0.25, 0.3) is 0 Å². The van der Waals surface area contributed by atoms with Gasteiger partial charge in [0.05, 0.1) is 5.70 Å². The summed E-state index contributed by atoms with van der Waals surface area (Å²) < 4.78 is 2.18. The zero-order chi connectivity index (χ0) is 17.5. The van der Waals surface area contributed by atoms with Gasteiger partial charge in [0.1, 0.15) is 5.65 Å². The molecule has 2 bridgehead atoms. The van der Waals surface area contributed by atoms with Crippen LogP contribution >= 0.6 is 0 Å². The Bertz CT molecular complexity index is 995. The second-order valence-electron chi connectivity index (χ2n) is 7.23. The molecule has 0 saturated carbocycles. The summed E-state index contributed by atoms with van der Waals surface area (Å²) in [6, 6.07) is 14.5. The largest absolute Gasteiger partial charge is 0.369 e. The maximum absolute atomic E-state index is 12.7. The van der Waals surface area contributed by atoms with Crippen LogP contribution in [0.4, 0.5) is 0 Å². The highest BCUT2D eigenvalue weighted by Gasteiger charge is 2.36. The Morgan fingerprint density at radius 2 is 1.88 bits per heavy atom. The lowest BCUT2D eigenvalue weighted by molar-refractivity contribution is -0.125. The maximum atomic E-state index is 12.7. The second-order valence-corrected chi connectivity index (χ2v) is 7.23. The first kappa shape index (κ1) is 15.4. The van der Waals surface area contributed by atoms with Crippen molar-refractivity contribution in [3.05, 3.63) is 71.7 Å². The Hall–Kier alpha value is -2.88. The molecule has 3 aliphatic rings. The third kappa shape index (κ3) is 2.53. The van der Waals surface area contributed by atoms with Crippen molar-refractivity contribution in [1.82, 2.24) is 14.5 Å². The highest BCUT2D eigenvalue weighted by Crippen LogP contribution is 2.33. The quantitative estimate of drug-likeness (QED) is 0.680. The first-order chi connectivity index (χ1) is 12.8. The number of hydrogen-bond acceptors (Lipinski definition) is 3. The monoisotopic (exact) mass is 343 g/mol. The summed E-state index contributed by atoms with van der Waals surface area (Å²) in [7, 11) is 0. The number of allylic oxidation sites excluding steroid dienone is 1. The molecule has 0 aliphatic carbocycles. The number of benzene rings is 1. The molecule has 1 aromatic carbocycles. The van der Waals surface area contributed by atoms with Gasteiger partial charge in [-0.25, -0.2) is 4.98 Å². The number of pyridine rings is 1. The van der Waals surface area contributed by atoms with E-state index in [1.807, 2.05) is 18.3 Å². The van der Waals surface area contributed by atoms with Gasteiger partial charge in [0.15, 0.2) is 5.78 Å². The first-order valence-corrected chi connectivity index (χ1v) is 9.28. The summed E-state index contributed by atoms with van der Waals surface area (Å²) in [6.07, 6.45) is 8.06. The molecule has 6 rings (SSSR count). The lowest BCUT2D eigenvalue weighted by atomic mass is 9.84. The number of nitrogens with zero attached hydrogens (tertiary/aromatic N) is 3. The van der Waals surface area contributed by atoms with Crippen LogP contribution in [0.3, 0.4) is 0 Å². The topological polar surface area (TPSA) is 38.1 Å². The van der Waals surface area contributed by atoms with Crippen LogP contribution < -0.4 is 0 Å². The summed E-state index contributed by atoms with van der Waals surface area (Å²) in [5.41, 5.74) is 4.17. The summed E-state index contributed by atoms with van der Waals surface area (Å²) >= 11 is 0. The van der Waals surface area contributed by atoms with Crippen molar-refractivity contribution in [2.75, 3.05) is 13.1 Å². The summed E-state index contributed by atoms with van der Waals surface area (Å²) in [4.78, 5) is 19.5. The molecular formula is C22H21N3O. The van der Waals surface area contributed by atoms with Crippen molar-refractivity contribution in [2.24, 2.45) is 5.92 Å². The SMILES string of the molecule is O=C1/C(=C/c2cn(Cc3ccccc3)c3ncccc23)N2CCC1CC2. The Balaban J connectivity index is 1.58. The summed E-state index contributed by atoms with van der Waals surface area (Å²) in [5.74, 6) is 0.539. The molecule has 3 aliphatic heterocycles. The number of piperidine rings is 3. The molecule has 0 N–H and O–H groups in total. The number of fused-ring (bicyclic) bond motifs is 4. The highest BCUT2D eigenvalue weighted by molar-refractivity contribution is 6.03. The van der Waals surface area contributed by atoms with Gasteiger partial charge in [0, 0.05) is 48.9 Å². The van der Waals surface area contributed by atoms with Crippen molar-refractivity contribution >= 4 is 22.9 Å². The van der Waals surface area contributed by atoms with Crippen LogP contribution in [0.2, 0.25) is 0 Å². The van der Waals surface area contributed by atoms with E-state index >= 15 is 0 Å². The van der Waals surface area contributed by atoms with Gasteiger partial charge in [-0.05, 0) is 36.6 Å². The lowest BCUT2D eigenvalue weighted by Crippen LogP contribution is -2.45. The van der Waals surface area contributed by atoms with E-state index in [4.69, 9.17) is 0 Å². The molecule has 5 heterocycles. The third-order valence-electron chi connectivity index (χ3n) is 5.61. The highest BCUT2D eigenvalue weighted by atomic mass is 16.1. The van der Waals surface area contributed by atoms with E-state index in [0.29, 0.717) is 5.78 Å². The van der Waals surface area contributed by atoms with Crippen LogP contribution in [0.25, 0.3) is 17.1 Å². The number of ketones is 1. The van der Waals surface area contributed by atoms with Crippen molar-refractivity contribution in [3.63, 3.8) is 0 Å². The minimum absolute atomic E-state index is 0.224. The van der Waals surface area contributed by atoms with Crippen molar-refractivity contribution in [3.8, 4) is 0 Å². The molecule has 26 heavy (non-hydrogen) atoms. The molecule has 0 spiro atoms. The van der Waals surface area contributed by atoms with Crippen LogP contribution in [0.5, 0.6) is 0 Å². The van der Waals surface area contributed by atoms with Crippen LogP contribution in [0.1, 0.15) is 24.0 Å². The van der Waals surface area contributed by atoms with Crippen LogP contribution in [0.15, 0.2) is 60.6 Å². The average molecular weight is 343 g/mol. The van der Waals surface area contributed by atoms with Gasteiger partial charge in [0.2, 0.25) is 0 Å². The molecule has 3 saturated heterocycles. The zero-order valence-electron chi connectivity index (χ0n) is 14.6. The van der Waals surface area contributed by atoms with Gasteiger partial charge in [-0.15, -0.1) is 0 Å². The molecular weight excluding hydrogens is 322 g/mol. The lowest BCUT2D eigenvalue weighted by Gasteiger charge is -2.41. The molecule has 0 unspecified atom stereocenters. The van der Waals surface area contributed by atoms with Crippen LogP contribution in [0, 0.1) is 5.92 Å². The minimum atomic E-state index is 0.224. The van der Waals surface area contributed by atoms with E-state index < -0.39 is 0 Å². The number of aromatic nitrogens is 2. The van der Waals surface area contributed by atoms with E-state index in [1.54, 1.807) is 0 Å². The predicted octanol–water partition coefficient (Wildman–Crippen LogP) is 3.72. The summed E-state index contributed by atoms with van der Waals surface area (Å²) in [6.45, 7) is 2.78. The van der Waals surface area contributed by atoms with Crippen molar-refractivity contribution < 1.29 is 4.79 Å². The number of Topliss-reactive ketones (excluding diaryl/α,β-unsaturated/α-hetero) is 1. The van der Waals surface area contributed by atoms with E-state index in [1.165, 1.54) is 5.56 Å². The zero-order valence-corrected chi connectivity index (χ0v) is 14.6. The molecule has 3 aromatic rings. The van der Waals surface area contributed by atoms with Gasteiger partial charge < -0.3 is 9.47 Å². The molecule has 3 fully saturated rings. The average Bonchev–Trinajstić information content (AvgIpc) is 3.03. The van der Waals surface area contributed by atoms with E-state index in [2.05, 4.69) is 57.1 Å². The fraction of sp³-hybridized carbons (Fsp3) is 0.273. The summed E-state index contributed by atoms with van der Waals surface area (Å²) in [5, 5.41) is 1.10. The Morgan fingerprint density at radius 1 is 1.08 bits per heavy atom. The molecule has 2 aromatic heterocycles. The van der Waals surface area contributed by atoms with Crippen molar-refractivity contribution in [2.45, 2.75) is 19.4 Å². The van der Waals surface area contributed by atoms with E-state index in [9.17, 15) is 4.79 Å². The van der Waals surface area contributed by atoms with Crippen molar-refractivity contribution in [1.29, 1.82) is 0 Å². The molecule has 130 valence electrons. The number of rotatable bonds is 3. The van der Waals surface area contributed by atoms with Gasteiger partial charge in [-0.3, -0.25) is 4.79 Å². The molecule has 4 nitrogen and oxygen atoms in total. The Kier molecular flexibility index (Phi) is 3.63. The van der Waals surface area contributed by atoms with Crippen LogP contribution in [-0.2, 0) is 11.3 Å². The first-order valence-electron chi connectivity index (χ1n) is 9.28. The minimum Gasteiger partial charge on any atom is -0.369 e. The molecule has 0 atom stereocenters. The maximum Gasteiger partial charge on any atom is 0.182 e. The molecule has 0 radical (unpaired) electrons. The normalized spacial score (nSPS) is 19.0. The van der Waals surface area contributed by atoms with Gasteiger partial charge in [-0.2, -0.15) is 0 Å². The third-order valence-corrected chi connectivity index (χ3v) is 5.61. The number of hydrogen-bond donors (Lipinski definition) is 0. The molecule has 4 heteroatoms. The smallest absolute Gasteiger partial charge is 0.182 e. The fourth-order valence-corrected chi connectivity index (χ4v) is 4.22. The van der Waals surface area contributed by atoms with E-state index in [0.717, 1.165) is 54.8 Å². The number of carbonyl (C=O) groups excluding carboxylic acids is 1.